The molecule has 5 heteroatoms. The number of rotatable bonds is 7. The summed E-state index contributed by atoms with van der Waals surface area (Å²) in [6.07, 6.45) is 2.45. The first-order valence-corrected chi connectivity index (χ1v) is 8.61. The number of hydrogen-bond donors (Lipinski definition) is 1. The third-order valence-electron chi connectivity index (χ3n) is 3.50. The molecule has 1 aliphatic rings. The zero-order chi connectivity index (χ0) is 13.5. The highest BCUT2D eigenvalue weighted by Crippen LogP contribution is 2.19. The van der Waals surface area contributed by atoms with Crippen LogP contribution in [0.25, 0.3) is 0 Å². The van der Waals surface area contributed by atoms with E-state index in [9.17, 15) is 0 Å². The van der Waals surface area contributed by atoms with Gasteiger partial charge in [0, 0.05) is 54.1 Å². The average Bonchev–Trinajstić information content (AvgIpc) is 2.82. The number of thiophene rings is 1. The SMILES string of the molecule is CN(CCNCc1cc(Br)cs1)CC1CCOCC1. The van der Waals surface area contributed by atoms with E-state index < -0.39 is 0 Å². The van der Waals surface area contributed by atoms with Crippen molar-refractivity contribution in [3.05, 3.63) is 20.8 Å². The van der Waals surface area contributed by atoms with Gasteiger partial charge in [-0.2, -0.15) is 0 Å². The van der Waals surface area contributed by atoms with Gasteiger partial charge in [-0.1, -0.05) is 0 Å². The van der Waals surface area contributed by atoms with E-state index in [2.05, 4.69) is 44.6 Å². The number of nitrogens with one attached hydrogen (secondary N) is 1. The van der Waals surface area contributed by atoms with Gasteiger partial charge in [-0.05, 0) is 47.8 Å². The predicted molar refractivity (Wildman–Crippen MR) is 84.8 cm³/mol. The first-order chi connectivity index (χ1) is 9.24. The van der Waals surface area contributed by atoms with Gasteiger partial charge in [0.2, 0.25) is 0 Å². The molecular formula is C14H23BrN2OS. The Morgan fingerprint density at radius 3 is 2.95 bits per heavy atom. The fraction of sp³-hybridized carbons (Fsp3) is 0.714. The first-order valence-electron chi connectivity index (χ1n) is 6.94. The van der Waals surface area contributed by atoms with Crippen molar-refractivity contribution < 1.29 is 4.74 Å². The maximum atomic E-state index is 5.40. The van der Waals surface area contributed by atoms with Gasteiger partial charge in [0.15, 0.2) is 0 Å². The molecule has 0 amide bonds. The van der Waals surface area contributed by atoms with Crippen LogP contribution in [0.5, 0.6) is 0 Å². The standard InChI is InChI=1S/C14H23BrN2OS/c1-17(10-12-2-6-18-7-3-12)5-4-16-9-14-8-13(15)11-19-14/h8,11-12,16H,2-7,9-10H2,1H3. The average molecular weight is 347 g/mol. The molecule has 1 aromatic rings. The third kappa shape index (κ3) is 5.92. The van der Waals surface area contributed by atoms with E-state index >= 15 is 0 Å². The molecule has 0 atom stereocenters. The highest BCUT2D eigenvalue weighted by atomic mass is 79.9. The van der Waals surface area contributed by atoms with Crippen molar-refractivity contribution in [1.82, 2.24) is 10.2 Å². The van der Waals surface area contributed by atoms with Gasteiger partial charge < -0.3 is 15.0 Å². The van der Waals surface area contributed by atoms with E-state index in [0.29, 0.717) is 0 Å². The van der Waals surface area contributed by atoms with E-state index in [4.69, 9.17) is 4.74 Å². The first kappa shape index (κ1) is 15.4. The van der Waals surface area contributed by atoms with Gasteiger partial charge >= 0.3 is 0 Å². The summed E-state index contributed by atoms with van der Waals surface area (Å²) in [6.45, 7) is 6.24. The molecule has 1 fully saturated rings. The van der Waals surface area contributed by atoms with E-state index in [1.54, 1.807) is 11.3 Å². The molecule has 19 heavy (non-hydrogen) atoms. The lowest BCUT2D eigenvalue weighted by Crippen LogP contribution is -2.34. The highest BCUT2D eigenvalue weighted by molar-refractivity contribution is 9.10. The summed E-state index contributed by atoms with van der Waals surface area (Å²) in [4.78, 5) is 3.83. The molecule has 1 aliphatic heterocycles. The Morgan fingerprint density at radius 1 is 1.47 bits per heavy atom. The van der Waals surface area contributed by atoms with Crippen LogP contribution in [0.1, 0.15) is 17.7 Å². The lowest BCUT2D eigenvalue weighted by Gasteiger charge is -2.27. The number of nitrogens with zero attached hydrogens (tertiary/aromatic N) is 1. The van der Waals surface area contributed by atoms with Gasteiger partial charge in [0.05, 0.1) is 0 Å². The molecule has 0 aliphatic carbocycles. The number of ether oxygens (including phenoxy) is 1. The molecule has 1 N–H and O–H groups in total. The second-order valence-electron chi connectivity index (χ2n) is 5.23. The van der Waals surface area contributed by atoms with Crippen LogP contribution in [0, 0.1) is 5.92 Å². The smallest absolute Gasteiger partial charge is 0.0469 e. The van der Waals surface area contributed by atoms with Crippen LogP contribution in [0.3, 0.4) is 0 Å². The zero-order valence-electron chi connectivity index (χ0n) is 11.5. The molecule has 0 bridgehead atoms. The highest BCUT2D eigenvalue weighted by Gasteiger charge is 2.15. The summed E-state index contributed by atoms with van der Waals surface area (Å²) in [6, 6.07) is 2.18. The van der Waals surface area contributed by atoms with E-state index in [-0.39, 0.29) is 0 Å². The topological polar surface area (TPSA) is 24.5 Å². The van der Waals surface area contributed by atoms with E-state index in [1.807, 2.05) is 0 Å². The minimum atomic E-state index is 0.826. The predicted octanol–water partition coefficient (Wildman–Crippen LogP) is 2.96. The fourth-order valence-electron chi connectivity index (χ4n) is 2.39. The van der Waals surface area contributed by atoms with Crippen molar-refractivity contribution in [1.29, 1.82) is 0 Å². The number of likely N-dealkylation sites (N-methyl/N-ethyl adjacent to an activating group) is 1. The molecule has 0 aromatic carbocycles. The Labute approximate surface area is 128 Å². The number of hydrogen-bond acceptors (Lipinski definition) is 4. The summed E-state index contributed by atoms with van der Waals surface area (Å²) >= 11 is 5.28. The normalized spacial score (nSPS) is 17.2. The quantitative estimate of drug-likeness (QED) is 0.768. The van der Waals surface area contributed by atoms with Crippen molar-refractivity contribution in [2.45, 2.75) is 19.4 Å². The largest absolute Gasteiger partial charge is 0.381 e. The molecule has 0 spiro atoms. The minimum Gasteiger partial charge on any atom is -0.381 e. The van der Waals surface area contributed by atoms with Crippen LogP contribution in [0.4, 0.5) is 0 Å². The molecule has 1 saturated heterocycles. The van der Waals surface area contributed by atoms with Gasteiger partial charge in [-0.15, -0.1) is 11.3 Å². The van der Waals surface area contributed by atoms with Crippen LogP contribution >= 0.6 is 27.3 Å². The van der Waals surface area contributed by atoms with Crippen molar-refractivity contribution in [2.24, 2.45) is 5.92 Å². The maximum absolute atomic E-state index is 5.40. The van der Waals surface area contributed by atoms with E-state index in [1.165, 1.54) is 28.7 Å². The van der Waals surface area contributed by atoms with Gasteiger partial charge in [-0.25, -0.2) is 0 Å². The summed E-state index contributed by atoms with van der Waals surface area (Å²) in [5, 5.41) is 5.64. The van der Waals surface area contributed by atoms with Crippen LogP contribution in [-0.4, -0.2) is 44.8 Å². The zero-order valence-corrected chi connectivity index (χ0v) is 13.9. The Kier molecular flexibility index (Phi) is 6.81. The minimum absolute atomic E-state index is 0.826. The summed E-state index contributed by atoms with van der Waals surface area (Å²) in [7, 11) is 2.22. The molecule has 2 rings (SSSR count). The summed E-state index contributed by atoms with van der Waals surface area (Å²) in [5.74, 6) is 0.826. The monoisotopic (exact) mass is 346 g/mol. The van der Waals surface area contributed by atoms with Crippen molar-refractivity contribution >= 4 is 27.3 Å². The lowest BCUT2D eigenvalue weighted by atomic mass is 10.00. The number of halogens is 1. The molecule has 0 unspecified atom stereocenters. The second-order valence-corrected chi connectivity index (χ2v) is 7.14. The molecule has 0 saturated carbocycles. The van der Waals surface area contributed by atoms with Crippen molar-refractivity contribution in [3.8, 4) is 0 Å². The Morgan fingerprint density at radius 2 is 2.26 bits per heavy atom. The van der Waals surface area contributed by atoms with Crippen LogP contribution in [-0.2, 0) is 11.3 Å². The molecule has 1 aromatic heterocycles. The lowest BCUT2D eigenvalue weighted by molar-refractivity contribution is 0.0558. The van der Waals surface area contributed by atoms with Crippen molar-refractivity contribution in [3.63, 3.8) is 0 Å². The summed E-state index contributed by atoms with van der Waals surface area (Å²) < 4.78 is 6.58. The van der Waals surface area contributed by atoms with Crippen LogP contribution in [0.15, 0.2) is 15.9 Å². The van der Waals surface area contributed by atoms with Crippen LogP contribution in [0.2, 0.25) is 0 Å². The van der Waals surface area contributed by atoms with Crippen LogP contribution < -0.4 is 5.32 Å². The van der Waals surface area contributed by atoms with Gasteiger partial charge in [0.25, 0.3) is 0 Å². The Balaban J connectivity index is 1.54. The molecular weight excluding hydrogens is 324 g/mol. The van der Waals surface area contributed by atoms with Crippen molar-refractivity contribution in [2.75, 3.05) is 39.9 Å². The molecule has 2 heterocycles. The third-order valence-corrected chi connectivity index (χ3v) is 5.20. The van der Waals surface area contributed by atoms with Gasteiger partial charge in [-0.3, -0.25) is 0 Å². The van der Waals surface area contributed by atoms with E-state index in [0.717, 1.165) is 38.8 Å². The Hall–Kier alpha value is 0.0600. The summed E-state index contributed by atoms with van der Waals surface area (Å²) in [5.41, 5.74) is 0. The molecule has 108 valence electrons. The molecule has 0 radical (unpaired) electrons. The second kappa shape index (κ2) is 8.37. The Bertz CT molecular complexity index is 366. The maximum Gasteiger partial charge on any atom is 0.0469 e. The molecule has 3 nitrogen and oxygen atoms in total. The van der Waals surface area contributed by atoms with Gasteiger partial charge in [0.1, 0.15) is 0 Å². The fourth-order valence-corrected chi connectivity index (χ4v) is 3.81.